The van der Waals surface area contributed by atoms with E-state index in [1.54, 1.807) is 20.8 Å². The van der Waals surface area contributed by atoms with Gasteiger partial charge in [-0.2, -0.15) is 0 Å². The lowest BCUT2D eigenvalue weighted by molar-refractivity contribution is -0.143. The molecule has 122 valence electrons. The Bertz CT molecular complexity index is 574. The van der Waals surface area contributed by atoms with E-state index in [0.29, 0.717) is 11.7 Å². The Balaban J connectivity index is 2.18. The molecule has 7 heteroatoms. The highest BCUT2D eigenvalue weighted by Crippen LogP contribution is 2.31. The fraction of sp³-hybridized carbons (Fsp3) is 0.667. The summed E-state index contributed by atoms with van der Waals surface area (Å²) in [6.45, 7) is 7.35. The second-order valence-electron chi connectivity index (χ2n) is 6.53. The van der Waals surface area contributed by atoms with Gasteiger partial charge in [-0.05, 0) is 33.6 Å². The van der Waals surface area contributed by atoms with Crippen molar-refractivity contribution in [3.05, 3.63) is 17.2 Å². The van der Waals surface area contributed by atoms with Crippen LogP contribution in [-0.4, -0.2) is 34.7 Å². The highest BCUT2D eigenvalue weighted by molar-refractivity contribution is 5.82. The van der Waals surface area contributed by atoms with E-state index in [-0.39, 0.29) is 0 Å². The van der Waals surface area contributed by atoms with Gasteiger partial charge in [0, 0.05) is 11.6 Å². The second-order valence-corrected chi connectivity index (χ2v) is 6.53. The van der Waals surface area contributed by atoms with Gasteiger partial charge in [0.1, 0.15) is 11.4 Å². The minimum atomic E-state index is -1.00. The van der Waals surface area contributed by atoms with Gasteiger partial charge in [0.15, 0.2) is 6.04 Å². The molecule has 0 aromatic carbocycles. The number of aromatic amines is 1. The Hall–Kier alpha value is -2.05. The molecule has 0 aliphatic heterocycles. The van der Waals surface area contributed by atoms with Crippen LogP contribution >= 0.6 is 0 Å². The van der Waals surface area contributed by atoms with Crippen molar-refractivity contribution in [1.29, 1.82) is 0 Å². The fourth-order valence-electron chi connectivity index (χ4n) is 2.46. The monoisotopic (exact) mass is 309 g/mol. The number of ether oxygens (including phenoxy) is 2. The molecule has 1 amide bonds. The summed E-state index contributed by atoms with van der Waals surface area (Å²) in [5, 5.41) is 2.51. The molecule has 0 saturated heterocycles. The lowest BCUT2D eigenvalue weighted by Gasteiger charge is -2.22. The van der Waals surface area contributed by atoms with Crippen molar-refractivity contribution in [3.63, 3.8) is 0 Å². The van der Waals surface area contributed by atoms with Gasteiger partial charge in [0.2, 0.25) is 0 Å². The Morgan fingerprint density at radius 1 is 1.41 bits per heavy atom. The molecule has 1 aliphatic rings. The highest BCUT2D eigenvalue weighted by atomic mass is 16.6. The number of carbonyl (C=O) groups excluding carboxylic acids is 2. The molecule has 0 fully saturated rings. The number of alkyl carbamates (subject to hydrolysis) is 1. The average Bonchev–Trinajstić information content (AvgIpc) is 2.96. The number of carbonyl (C=O) groups is 2. The number of fused-ring (bicyclic) bond motifs is 1. The first-order chi connectivity index (χ1) is 10.2. The molecule has 2 rings (SSSR count). The zero-order valence-corrected chi connectivity index (χ0v) is 13.6. The summed E-state index contributed by atoms with van der Waals surface area (Å²) in [4.78, 5) is 31.5. The number of hydrogen-bond acceptors (Lipinski definition) is 5. The van der Waals surface area contributed by atoms with Crippen molar-refractivity contribution in [3.8, 4) is 0 Å². The molecule has 7 nitrogen and oxygen atoms in total. The molecule has 1 unspecified atom stereocenters. The second kappa shape index (κ2) is 5.98. The number of imidazole rings is 1. The number of hydrogen-bond donors (Lipinski definition) is 2. The number of esters is 1. The zero-order chi connectivity index (χ0) is 16.5. The average molecular weight is 309 g/mol. The minimum absolute atomic E-state index is 0.347. The van der Waals surface area contributed by atoms with Crippen LogP contribution in [0.15, 0.2) is 0 Å². The van der Waals surface area contributed by atoms with Gasteiger partial charge < -0.3 is 19.8 Å². The maximum atomic E-state index is 12.0. The third-order valence-corrected chi connectivity index (χ3v) is 3.49. The van der Waals surface area contributed by atoms with Crippen molar-refractivity contribution < 1.29 is 19.1 Å². The number of aromatic nitrogens is 2. The smallest absolute Gasteiger partial charge is 0.408 e. The zero-order valence-electron chi connectivity index (χ0n) is 13.6. The number of methoxy groups -OCH3 is 1. The third-order valence-electron chi connectivity index (χ3n) is 3.49. The molecule has 1 aromatic rings. The van der Waals surface area contributed by atoms with E-state index in [9.17, 15) is 9.59 Å². The van der Waals surface area contributed by atoms with E-state index >= 15 is 0 Å². The van der Waals surface area contributed by atoms with Crippen LogP contribution < -0.4 is 5.32 Å². The summed E-state index contributed by atoms with van der Waals surface area (Å²) < 4.78 is 9.94. The number of nitrogens with one attached hydrogen (secondary N) is 2. The van der Waals surface area contributed by atoms with Crippen LogP contribution in [0, 0.1) is 0 Å². The molecule has 1 heterocycles. The minimum Gasteiger partial charge on any atom is -0.467 e. The van der Waals surface area contributed by atoms with Crippen molar-refractivity contribution in [2.75, 3.05) is 7.11 Å². The maximum Gasteiger partial charge on any atom is 0.408 e. The van der Waals surface area contributed by atoms with E-state index in [2.05, 4.69) is 22.2 Å². The van der Waals surface area contributed by atoms with Crippen LogP contribution in [0.2, 0.25) is 0 Å². The quantitative estimate of drug-likeness (QED) is 0.835. The summed E-state index contributed by atoms with van der Waals surface area (Å²) in [5.74, 6) is 0.139. The molecule has 0 bridgehead atoms. The number of nitrogens with zero attached hydrogens (tertiary/aromatic N) is 1. The predicted molar refractivity (Wildman–Crippen MR) is 79.5 cm³/mol. The lowest BCUT2D eigenvalue weighted by atomic mass is 10.1. The Morgan fingerprint density at radius 3 is 2.64 bits per heavy atom. The molecule has 2 N–H and O–H groups in total. The van der Waals surface area contributed by atoms with E-state index in [1.165, 1.54) is 7.11 Å². The van der Waals surface area contributed by atoms with E-state index in [1.807, 2.05) is 0 Å². The van der Waals surface area contributed by atoms with Gasteiger partial charge in [-0.3, -0.25) is 0 Å². The van der Waals surface area contributed by atoms with Crippen molar-refractivity contribution >= 4 is 12.1 Å². The number of aryl methyl sites for hydroxylation is 1. The Morgan fingerprint density at radius 2 is 2.09 bits per heavy atom. The molecule has 0 spiro atoms. The van der Waals surface area contributed by atoms with Gasteiger partial charge in [-0.1, -0.05) is 6.92 Å². The van der Waals surface area contributed by atoms with E-state index in [4.69, 9.17) is 9.47 Å². The number of rotatable bonds is 3. The van der Waals surface area contributed by atoms with Gasteiger partial charge in [-0.15, -0.1) is 0 Å². The topological polar surface area (TPSA) is 93.3 Å². The normalized spacial score (nSPS) is 18.5. The van der Waals surface area contributed by atoms with E-state index < -0.39 is 23.7 Å². The summed E-state index contributed by atoms with van der Waals surface area (Å²) in [6.07, 6.45) is 1.24. The van der Waals surface area contributed by atoms with Crippen molar-refractivity contribution in [2.45, 2.75) is 58.1 Å². The van der Waals surface area contributed by atoms with Crippen molar-refractivity contribution in [2.24, 2.45) is 0 Å². The third kappa shape index (κ3) is 3.58. The maximum absolute atomic E-state index is 12.0. The molecule has 0 radical (unpaired) electrons. The Labute approximate surface area is 129 Å². The largest absolute Gasteiger partial charge is 0.467 e. The molecule has 22 heavy (non-hydrogen) atoms. The summed E-state index contributed by atoms with van der Waals surface area (Å²) in [7, 11) is 1.27. The molecule has 2 atom stereocenters. The van der Waals surface area contributed by atoms with Crippen molar-refractivity contribution in [1.82, 2.24) is 15.3 Å². The van der Waals surface area contributed by atoms with Crippen LogP contribution in [0.3, 0.4) is 0 Å². The first kappa shape index (κ1) is 16.3. The molecule has 1 aromatic heterocycles. The molecule has 1 aliphatic carbocycles. The lowest BCUT2D eigenvalue weighted by Crippen LogP contribution is -2.39. The number of H-pyrrole nitrogens is 1. The van der Waals surface area contributed by atoms with Crippen LogP contribution in [0.1, 0.15) is 63.3 Å². The van der Waals surface area contributed by atoms with Gasteiger partial charge in [-0.25, -0.2) is 14.6 Å². The van der Waals surface area contributed by atoms with Gasteiger partial charge in [0.25, 0.3) is 0 Å². The number of amides is 1. The highest BCUT2D eigenvalue weighted by Gasteiger charge is 2.32. The van der Waals surface area contributed by atoms with Crippen LogP contribution in [0.25, 0.3) is 0 Å². The summed E-state index contributed by atoms with van der Waals surface area (Å²) >= 11 is 0. The summed E-state index contributed by atoms with van der Waals surface area (Å²) in [5.41, 5.74) is 1.32. The van der Waals surface area contributed by atoms with Gasteiger partial charge >= 0.3 is 12.1 Å². The SMILES string of the molecule is COC(=O)[C@@H](NC(=O)OC(C)(C)C)c1nc2c([nH]1)CCC2C. The van der Waals surface area contributed by atoms with Crippen LogP contribution in [0.4, 0.5) is 4.79 Å². The van der Waals surface area contributed by atoms with Crippen LogP contribution in [-0.2, 0) is 20.7 Å². The fourth-order valence-corrected chi connectivity index (χ4v) is 2.46. The van der Waals surface area contributed by atoms with E-state index in [0.717, 1.165) is 24.2 Å². The summed E-state index contributed by atoms with van der Waals surface area (Å²) in [6, 6.07) is -1.00. The van der Waals surface area contributed by atoms with Gasteiger partial charge in [0.05, 0.1) is 12.8 Å². The predicted octanol–water partition coefficient (Wildman–Crippen LogP) is 2.20. The molecular formula is C15H23N3O4. The molecule has 0 saturated carbocycles. The first-order valence-electron chi connectivity index (χ1n) is 7.37. The Kier molecular flexibility index (Phi) is 4.44. The molecular weight excluding hydrogens is 286 g/mol. The standard InChI is InChI=1S/C15H23N3O4/c1-8-6-7-9-10(8)17-12(16-9)11(13(19)21-5)18-14(20)22-15(2,3)4/h8,11H,6-7H2,1-5H3,(H,16,17)(H,18,20)/t8?,11-/m0/s1. The first-order valence-corrected chi connectivity index (χ1v) is 7.37. The van der Waals surface area contributed by atoms with Crippen LogP contribution in [0.5, 0.6) is 0 Å².